The van der Waals surface area contributed by atoms with E-state index >= 15 is 0 Å². The van der Waals surface area contributed by atoms with Crippen LogP contribution >= 0.6 is 0 Å². The van der Waals surface area contributed by atoms with Crippen LogP contribution in [-0.4, -0.2) is 57.3 Å². The fourth-order valence-electron chi connectivity index (χ4n) is 3.49. The SMILES string of the molecule is CCOC(=O)N(Cc1ccc(-c2ccccc2-c2nnn[nH]2)cc1)CC(C)(C)C(=O)OCC. The molecule has 0 aliphatic rings. The van der Waals surface area contributed by atoms with E-state index in [0.29, 0.717) is 12.4 Å². The molecular weight excluding hydrogens is 422 g/mol. The summed E-state index contributed by atoms with van der Waals surface area (Å²) in [6, 6.07) is 15.7. The van der Waals surface area contributed by atoms with Gasteiger partial charge in [-0.05, 0) is 54.8 Å². The van der Waals surface area contributed by atoms with E-state index in [9.17, 15) is 9.59 Å². The van der Waals surface area contributed by atoms with Crippen LogP contribution in [0.3, 0.4) is 0 Å². The third-order valence-corrected chi connectivity index (χ3v) is 5.11. The zero-order valence-corrected chi connectivity index (χ0v) is 19.4. The molecule has 0 saturated heterocycles. The summed E-state index contributed by atoms with van der Waals surface area (Å²) in [6.07, 6.45) is -0.470. The summed E-state index contributed by atoms with van der Waals surface area (Å²) in [6.45, 7) is 8.04. The molecule has 9 heteroatoms. The Balaban J connectivity index is 1.81. The molecule has 0 radical (unpaired) electrons. The van der Waals surface area contributed by atoms with E-state index in [1.54, 1.807) is 27.7 Å². The van der Waals surface area contributed by atoms with Gasteiger partial charge in [0.25, 0.3) is 0 Å². The standard InChI is InChI=1S/C24H29N5O4/c1-5-32-22(30)24(3,4)16-29(23(31)33-6-2)15-17-11-13-18(14-12-17)19-9-7-8-10-20(19)21-25-27-28-26-21/h7-14H,5-6,15-16H2,1-4H3,(H,25,26,27,28). The number of carbonyl (C=O) groups excluding carboxylic acids is 2. The first-order chi connectivity index (χ1) is 15.9. The minimum Gasteiger partial charge on any atom is -0.466 e. The maximum absolute atomic E-state index is 12.6. The lowest BCUT2D eigenvalue weighted by Crippen LogP contribution is -2.43. The topological polar surface area (TPSA) is 110 Å². The Bertz CT molecular complexity index is 1060. The van der Waals surface area contributed by atoms with Gasteiger partial charge in [-0.3, -0.25) is 4.79 Å². The predicted molar refractivity (Wildman–Crippen MR) is 123 cm³/mol. The normalized spacial score (nSPS) is 11.2. The van der Waals surface area contributed by atoms with Crippen molar-refractivity contribution in [3.63, 3.8) is 0 Å². The first-order valence-electron chi connectivity index (χ1n) is 10.9. The van der Waals surface area contributed by atoms with Crippen molar-refractivity contribution in [2.75, 3.05) is 19.8 Å². The number of esters is 1. The van der Waals surface area contributed by atoms with Gasteiger partial charge in [0.15, 0.2) is 5.82 Å². The highest BCUT2D eigenvalue weighted by Crippen LogP contribution is 2.30. The number of hydrogen-bond acceptors (Lipinski definition) is 7. The number of tetrazole rings is 1. The van der Waals surface area contributed by atoms with Gasteiger partial charge in [0, 0.05) is 18.7 Å². The Morgan fingerprint density at radius 1 is 0.970 bits per heavy atom. The van der Waals surface area contributed by atoms with Gasteiger partial charge in [-0.25, -0.2) is 9.89 Å². The highest BCUT2D eigenvalue weighted by molar-refractivity contribution is 5.80. The van der Waals surface area contributed by atoms with Crippen molar-refractivity contribution in [1.82, 2.24) is 25.5 Å². The molecule has 0 aliphatic heterocycles. The maximum atomic E-state index is 12.6. The van der Waals surface area contributed by atoms with Crippen LogP contribution in [0.2, 0.25) is 0 Å². The molecule has 33 heavy (non-hydrogen) atoms. The van der Waals surface area contributed by atoms with Crippen LogP contribution in [-0.2, 0) is 20.8 Å². The Morgan fingerprint density at radius 2 is 1.64 bits per heavy atom. The second-order valence-corrected chi connectivity index (χ2v) is 8.15. The summed E-state index contributed by atoms with van der Waals surface area (Å²) < 4.78 is 10.4. The fourth-order valence-corrected chi connectivity index (χ4v) is 3.49. The maximum Gasteiger partial charge on any atom is 0.410 e. The van der Waals surface area contributed by atoms with Crippen LogP contribution < -0.4 is 0 Å². The Morgan fingerprint density at radius 3 is 2.24 bits per heavy atom. The monoisotopic (exact) mass is 451 g/mol. The molecule has 3 aromatic rings. The summed E-state index contributed by atoms with van der Waals surface area (Å²) in [5.41, 5.74) is 2.89. The molecule has 0 spiro atoms. The van der Waals surface area contributed by atoms with Crippen LogP contribution in [0, 0.1) is 5.41 Å². The van der Waals surface area contributed by atoms with Gasteiger partial charge in [-0.15, -0.1) is 5.10 Å². The lowest BCUT2D eigenvalue weighted by Gasteiger charge is -2.30. The highest BCUT2D eigenvalue weighted by Gasteiger charge is 2.34. The van der Waals surface area contributed by atoms with Crippen molar-refractivity contribution in [1.29, 1.82) is 0 Å². The second-order valence-electron chi connectivity index (χ2n) is 8.15. The van der Waals surface area contributed by atoms with Crippen LogP contribution in [0.15, 0.2) is 48.5 Å². The van der Waals surface area contributed by atoms with E-state index in [1.807, 2.05) is 48.5 Å². The van der Waals surface area contributed by atoms with Crippen molar-refractivity contribution in [3.05, 3.63) is 54.1 Å². The van der Waals surface area contributed by atoms with E-state index in [4.69, 9.17) is 9.47 Å². The molecule has 2 aromatic carbocycles. The van der Waals surface area contributed by atoms with Gasteiger partial charge in [0.05, 0.1) is 18.6 Å². The molecule has 1 heterocycles. The van der Waals surface area contributed by atoms with Gasteiger partial charge in [0.1, 0.15) is 0 Å². The van der Waals surface area contributed by atoms with Crippen LogP contribution in [0.1, 0.15) is 33.3 Å². The van der Waals surface area contributed by atoms with Gasteiger partial charge in [-0.2, -0.15) is 0 Å². The molecule has 1 aromatic heterocycles. The zero-order chi connectivity index (χ0) is 23.8. The zero-order valence-electron chi connectivity index (χ0n) is 19.4. The number of aromatic amines is 1. The average molecular weight is 452 g/mol. The molecule has 3 rings (SSSR count). The molecule has 1 amide bonds. The van der Waals surface area contributed by atoms with Gasteiger partial charge < -0.3 is 14.4 Å². The second kappa shape index (κ2) is 10.7. The molecular formula is C24H29N5O4. The average Bonchev–Trinajstić information content (AvgIpc) is 3.34. The van der Waals surface area contributed by atoms with Crippen molar-refractivity contribution >= 4 is 12.1 Å². The summed E-state index contributed by atoms with van der Waals surface area (Å²) in [5, 5.41) is 14.1. The van der Waals surface area contributed by atoms with E-state index in [-0.39, 0.29) is 25.7 Å². The van der Waals surface area contributed by atoms with Crippen molar-refractivity contribution < 1.29 is 19.1 Å². The molecule has 0 fully saturated rings. The van der Waals surface area contributed by atoms with Crippen LogP contribution in [0.4, 0.5) is 4.79 Å². The Labute approximate surface area is 193 Å². The number of ether oxygens (including phenoxy) is 2. The summed E-state index contributed by atoms with van der Waals surface area (Å²) in [7, 11) is 0. The number of amides is 1. The fraction of sp³-hybridized carbons (Fsp3) is 0.375. The number of nitrogens with zero attached hydrogens (tertiary/aromatic N) is 4. The predicted octanol–water partition coefficient (Wildman–Crippen LogP) is 4.08. The molecule has 174 valence electrons. The molecule has 0 aliphatic carbocycles. The number of rotatable bonds is 9. The summed E-state index contributed by atoms with van der Waals surface area (Å²) in [5.74, 6) is 0.234. The lowest BCUT2D eigenvalue weighted by molar-refractivity contribution is -0.154. The number of hydrogen-bond donors (Lipinski definition) is 1. The van der Waals surface area contributed by atoms with Crippen molar-refractivity contribution in [2.45, 2.75) is 34.2 Å². The minimum absolute atomic E-state index is 0.174. The molecule has 0 saturated carbocycles. The molecule has 1 N–H and O–H groups in total. The Kier molecular flexibility index (Phi) is 7.76. The number of benzene rings is 2. The first-order valence-corrected chi connectivity index (χ1v) is 10.9. The molecule has 0 bridgehead atoms. The quantitative estimate of drug-likeness (QED) is 0.488. The molecule has 9 nitrogen and oxygen atoms in total. The number of nitrogens with one attached hydrogen (secondary N) is 1. The number of aromatic nitrogens is 4. The summed E-state index contributed by atoms with van der Waals surface area (Å²) in [4.78, 5) is 26.5. The first kappa shape index (κ1) is 23.9. The van der Waals surface area contributed by atoms with Crippen molar-refractivity contribution in [2.24, 2.45) is 5.41 Å². The summed E-state index contributed by atoms with van der Waals surface area (Å²) >= 11 is 0. The molecule has 0 atom stereocenters. The smallest absolute Gasteiger partial charge is 0.410 e. The van der Waals surface area contributed by atoms with E-state index in [2.05, 4.69) is 20.6 Å². The van der Waals surface area contributed by atoms with Gasteiger partial charge in [0.2, 0.25) is 0 Å². The number of H-pyrrole nitrogens is 1. The third-order valence-electron chi connectivity index (χ3n) is 5.11. The van der Waals surface area contributed by atoms with Gasteiger partial charge >= 0.3 is 12.1 Å². The van der Waals surface area contributed by atoms with E-state index in [1.165, 1.54) is 4.90 Å². The molecule has 0 unspecified atom stereocenters. The van der Waals surface area contributed by atoms with Crippen LogP contribution in [0.25, 0.3) is 22.5 Å². The largest absolute Gasteiger partial charge is 0.466 e. The highest BCUT2D eigenvalue weighted by atomic mass is 16.6. The van der Waals surface area contributed by atoms with Crippen molar-refractivity contribution in [3.8, 4) is 22.5 Å². The van der Waals surface area contributed by atoms with E-state index in [0.717, 1.165) is 22.3 Å². The van der Waals surface area contributed by atoms with Gasteiger partial charge in [-0.1, -0.05) is 48.5 Å². The third kappa shape index (κ3) is 5.94. The van der Waals surface area contributed by atoms with E-state index < -0.39 is 11.5 Å². The minimum atomic E-state index is -0.868. The lowest BCUT2D eigenvalue weighted by atomic mass is 9.92. The number of carbonyl (C=O) groups is 2. The van der Waals surface area contributed by atoms with Crippen LogP contribution in [0.5, 0.6) is 0 Å². The Hall–Kier alpha value is -3.75.